The molecule has 3 aromatic carbocycles. The molecule has 27 heavy (non-hydrogen) atoms. The Bertz CT molecular complexity index is 997. The number of H-pyrrole nitrogens is 1. The molecule has 132 valence electrons. The van der Waals surface area contributed by atoms with Crippen LogP contribution in [-0.2, 0) is 0 Å². The molecule has 0 unspecified atom stereocenters. The second kappa shape index (κ2) is 8.39. The monoisotopic (exact) mass is 369 g/mol. The van der Waals surface area contributed by atoms with Gasteiger partial charge < -0.3 is 9.40 Å². The van der Waals surface area contributed by atoms with Crippen LogP contribution in [0.1, 0.15) is 0 Å². The van der Waals surface area contributed by atoms with E-state index < -0.39 is 0 Å². The molecule has 0 saturated carbocycles. The summed E-state index contributed by atoms with van der Waals surface area (Å²) in [7, 11) is 0. The minimum atomic E-state index is 0.956. The van der Waals surface area contributed by atoms with Gasteiger partial charge in [0.05, 0.1) is 6.26 Å². The minimum Gasteiger partial charge on any atom is -0.464 e. The van der Waals surface area contributed by atoms with Crippen LogP contribution in [0.4, 0.5) is 0 Å². The van der Waals surface area contributed by atoms with E-state index in [-0.39, 0.29) is 0 Å². The van der Waals surface area contributed by atoms with Gasteiger partial charge in [0.25, 0.3) is 0 Å². The molecule has 0 fully saturated rings. The summed E-state index contributed by atoms with van der Waals surface area (Å²) in [5.74, 6) is 0. The van der Waals surface area contributed by atoms with Gasteiger partial charge in [0.2, 0.25) is 0 Å². The number of nitrogens with one attached hydrogen (secondary N) is 1. The van der Waals surface area contributed by atoms with Crippen molar-refractivity contribution >= 4 is 43.3 Å². The summed E-state index contributed by atoms with van der Waals surface area (Å²) in [6, 6.07) is 30.7. The van der Waals surface area contributed by atoms with Gasteiger partial charge >= 0.3 is 0 Å². The van der Waals surface area contributed by atoms with Crippen molar-refractivity contribution in [3.05, 3.63) is 109 Å². The molecular formula is C24H19NOS. The standard InChI is InChI=1S/C8H7N.C8H6O.C8H6S/c3*1-2-4-8-7(3-1)5-6-9-8/h1-6,9H;2*1-6H. The average molecular weight is 369 g/mol. The fourth-order valence-electron chi connectivity index (χ4n) is 2.81. The van der Waals surface area contributed by atoms with E-state index in [2.05, 4.69) is 58.9 Å². The molecule has 0 atom stereocenters. The van der Waals surface area contributed by atoms with Gasteiger partial charge in [-0.25, -0.2) is 0 Å². The van der Waals surface area contributed by atoms with Crippen molar-refractivity contribution in [2.75, 3.05) is 0 Å². The topological polar surface area (TPSA) is 28.9 Å². The quantitative estimate of drug-likeness (QED) is 0.295. The summed E-state index contributed by atoms with van der Waals surface area (Å²) in [6.07, 6.45) is 3.65. The van der Waals surface area contributed by atoms with Crippen molar-refractivity contribution in [1.29, 1.82) is 0 Å². The van der Waals surface area contributed by atoms with E-state index in [0.717, 1.165) is 11.0 Å². The average Bonchev–Trinajstić information content (AvgIpc) is 3.48. The summed E-state index contributed by atoms with van der Waals surface area (Å²) in [4.78, 5) is 3.12. The second-order valence-corrected chi connectivity index (χ2v) is 6.93. The highest BCUT2D eigenvalue weighted by Crippen LogP contribution is 2.18. The van der Waals surface area contributed by atoms with Crippen molar-refractivity contribution in [3.63, 3.8) is 0 Å². The third-order valence-electron chi connectivity index (χ3n) is 4.19. The highest BCUT2D eigenvalue weighted by Gasteiger charge is 1.90. The van der Waals surface area contributed by atoms with Crippen molar-refractivity contribution in [2.24, 2.45) is 0 Å². The number of aromatic nitrogens is 1. The Hall–Kier alpha value is -3.30. The summed E-state index contributed by atoms with van der Waals surface area (Å²) >= 11 is 1.79. The van der Waals surface area contributed by atoms with Crippen LogP contribution < -0.4 is 0 Å². The van der Waals surface area contributed by atoms with Crippen LogP contribution in [0.15, 0.2) is 113 Å². The number of hydrogen-bond donors (Lipinski definition) is 1. The molecule has 6 aromatic rings. The number of furan rings is 1. The summed E-state index contributed by atoms with van der Waals surface area (Å²) < 4.78 is 6.49. The van der Waals surface area contributed by atoms with Crippen LogP contribution in [0, 0.1) is 0 Å². The molecule has 6 rings (SSSR count). The van der Waals surface area contributed by atoms with Gasteiger partial charge in [0.1, 0.15) is 5.58 Å². The van der Waals surface area contributed by atoms with Crippen LogP contribution in [0.5, 0.6) is 0 Å². The smallest absolute Gasteiger partial charge is 0.133 e. The minimum absolute atomic E-state index is 0.956. The molecule has 0 aliphatic rings. The van der Waals surface area contributed by atoms with Crippen LogP contribution in [0.3, 0.4) is 0 Å². The van der Waals surface area contributed by atoms with Crippen LogP contribution in [0.25, 0.3) is 32.0 Å². The van der Waals surface area contributed by atoms with Crippen LogP contribution in [-0.4, -0.2) is 4.98 Å². The Balaban J connectivity index is 0.0000001000. The molecule has 3 aromatic heterocycles. The Morgan fingerprint density at radius 3 is 2.19 bits per heavy atom. The molecule has 2 nitrogen and oxygen atoms in total. The van der Waals surface area contributed by atoms with Gasteiger partial charge in [0.15, 0.2) is 0 Å². The molecule has 0 saturated heterocycles. The normalized spacial score (nSPS) is 10.2. The number of rotatable bonds is 0. The van der Waals surface area contributed by atoms with Crippen LogP contribution in [0.2, 0.25) is 0 Å². The molecule has 0 radical (unpaired) electrons. The second-order valence-electron chi connectivity index (χ2n) is 5.98. The number of benzene rings is 3. The first kappa shape index (κ1) is 17.1. The van der Waals surface area contributed by atoms with Crippen molar-refractivity contribution in [1.82, 2.24) is 4.98 Å². The van der Waals surface area contributed by atoms with Gasteiger partial charge in [-0.3, -0.25) is 0 Å². The molecule has 3 heterocycles. The Morgan fingerprint density at radius 2 is 1.37 bits per heavy atom. The number of aromatic amines is 1. The van der Waals surface area contributed by atoms with Crippen molar-refractivity contribution in [3.8, 4) is 0 Å². The lowest BCUT2D eigenvalue weighted by Crippen LogP contribution is -1.61. The maximum atomic E-state index is 5.12. The molecule has 0 amide bonds. The first-order valence-corrected chi connectivity index (χ1v) is 9.65. The molecule has 3 heteroatoms. The lowest BCUT2D eigenvalue weighted by molar-refractivity contribution is 0.616. The maximum Gasteiger partial charge on any atom is 0.133 e. The SMILES string of the molecule is c1ccc2[nH]ccc2c1.c1ccc2occc2c1.c1ccc2sccc2c1. The zero-order valence-corrected chi connectivity index (χ0v) is 15.5. The summed E-state index contributed by atoms with van der Waals surface area (Å²) in [6.45, 7) is 0. The highest BCUT2D eigenvalue weighted by atomic mass is 32.1. The lowest BCUT2D eigenvalue weighted by Gasteiger charge is -1.83. The zero-order chi connectivity index (χ0) is 18.3. The van der Waals surface area contributed by atoms with E-state index in [9.17, 15) is 0 Å². The zero-order valence-electron chi connectivity index (χ0n) is 14.7. The third kappa shape index (κ3) is 4.27. The largest absolute Gasteiger partial charge is 0.464 e. The van der Waals surface area contributed by atoms with Gasteiger partial charge in [-0.1, -0.05) is 54.6 Å². The number of thiophene rings is 1. The van der Waals surface area contributed by atoms with Crippen molar-refractivity contribution < 1.29 is 4.42 Å². The maximum absolute atomic E-state index is 5.12. The molecule has 0 aliphatic carbocycles. The molecule has 0 spiro atoms. The lowest BCUT2D eigenvalue weighted by atomic mass is 10.3. The molecule has 1 N–H and O–H groups in total. The van der Waals surface area contributed by atoms with E-state index in [1.54, 1.807) is 17.6 Å². The van der Waals surface area contributed by atoms with Crippen LogP contribution >= 0.6 is 11.3 Å². The predicted molar refractivity (Wildman–Crippen MR) is 116 cm³/mol. The molecule has 0 aliphatic heterocycles. The first-order valence-electron chi connectivity index (χ1n) is 8.77. The van der Waals surface area contributed by atoms with Gasteiger partial charge in [-0.15, -0.1) is 11.3 Å². The van der Waals surface area contributed by atoms with E-state index >= 15 is 0 Å². The summed E-state index contributed by atoms with van der Waals surface area (Å²) in [5, 5.41) is 5.91. The molecular weight excluding hydrogens is 350 g/mol. The van der Waals surface area contributed by atoms with Crippen molar-refractivity contribution in [2.45, 2.75) is 0 Å². The Kier molecular flexibility index (Phi) is 5.32. The van der Waals surface area contributed by atoms with Gasteiger partial charge in [0, 0.05) is 21.8 Å². The van der Waals surface area contributed by atoms with E-state index in [1.807, 2.05) is 48.7 Å². The predicted octanol–water partition coefficient (Wildman–Crippen LogP) is 7.50. The fourth-order valence-corrected chi connectivity index (χ4v) is 3.60. The van der Waals surface area contributed by atoms with Gasteiger partial charge in [-0.05, 0) is 52.6 Å². The Morgan fingerprint density at radius 1 is 0.630 bits per heavy atom. The van der Waals surface area contributed by atoms with E-state index in [0.29, 0.717) is 0 Å². The fraction of sp³-hybridized carbons (Fsp3) is 0. The molecule has 0 bridgehead atoms. The van der Waals surface area contributed by atoms with Gasteiger partial charge in [-0.2, -0.15) is 0 Å². The number of hydrogen-bond acceptors (Lipinski definition) is 2. The third-order valence-corrected chi connectivity index (χ3v) is 5.08. The summed E-state index contributed by atoms with van der Waals surface area (Å²) in [5.41, 5.74) is 2.16. The number of para-hydroxylation sites is 2. The highest BCUT2D eigenvalue weighted by molar-refractivity contribution is 7.17. The Labute approximate surface area is 161 Å². The van der Waals surface area contributed by atoms with E-state index in [4.69, 9.17) is 4.42 Å². The van der Waals surface area contributed by atoms with E-state index in [1.165, 1.54) is 21.0 Å². The first-order chi connectivity index (χ1) is 13.4. The number of fused-ring (bicyclic) bond motifs is 3.